The highest BCUT2D eigenvalue weighted by Crippen LogP contribution is 2.36. The van der Waals surface area contributed by atoms with Crippen LogP contribution in [0, 0.1) is 0 Å². The molecule has 8 heteroatoms. The second-order valence-corrected chi connectivity index (χ2v) is 8.65. The molecule has 0 spiro atoms. The lowest BCUT2D eigenvalue weighted by Crippen LogP contribution is -2.28. The van der Waals surface area contributed by atoms with Gasteiger partial charge >= 0.3 is 0 Å². The average Bonchev–Trinajstić information content (AvgIpc) is 3.31. The summed E-state index contributed by atoms with van der Waals surface area (Å²) in [7, 11) is -3.46. The molecule has 0 unspecified atom stereocenters. The number of hydrogen-bond acceptors (Lipinski definition) is 6. The Morgan fingerprint density at radius 2 is 2.00 bits per heavy atom. The van der Waals surface area contributed by atoms with Crippen LogP contribution in [0.4, 0.5) is 0 Å². The molecule has 1 atom stereocenters. The molecule has 0 saturated heterocycles. The molecule has 128 valence electrons. The van der Waals surface area contributed by atoms with E-state index in [0.29, 0.717) is 6.42 Å². The van der Waals surface area contributed by atoms with Crippen molar-refractivity contribution in [2.24, 2.45) is 5.10 Å². The third-order valence-electron chi connectivity index (χ3n) is 4.25. The molecule has 0 aliphatic carbocycles. The Bertz CT molecular complexity index is 1050. The Morgan fingerprint density at radius 1 is 1.20 bits per heavy atom. The molecule has 3 heterocycles. The van der Waals surface area contributed by atoms with Gasteiger partial charge in [0.1, 0.15) is 0 Å². The minimum absolute atomic E-state index is 0.0112. The van der Waals surface area contributed by atoms with Crippen molar-refractivity contribution in [2.75, 3.05) is 5.75 Å². The molecule has 0 amide bonds. The minimum atomic E-state index is -3.46. The fourth-order valence-electron chi connectivity index (χ4n) is 2.92. The van der Waals surface area contributed by atoms with Gasteiger partial charge in [0.05, 0.1) is 28.5 Å². The van der Waals surface area contributed by atoms with Gasteiger partial charge in [-0.15, -0.1) is 0 Å². The summed E-state index contributed by atoms with van der Waals surface area (Å²) in [5.41, 5.74) is 4.18. The Kier molecular flexibility index (Phi) is 4.01. The summed E-state index contributed by atoms with van der Waals surface area (Å²) in [4.78, 5) is 8.59. The first-order valence-corrected chi connectivity index (χ1v) is 10.5. The SMILES string of the molecule is CCS(=O)(=O)N1N=C(c2ccsc2)C[C@H]1c1ccc2nccnc2c1. The van der Waals surface area contributed by atoms with E-state index in [4.69, 9.17) is 0 Å². The highest BCUT2D eigenvalue weighted by molar-refractivity contribution is 7.89. The van der Waals surface area contributed by atoms with Crippen LogP contribution in [0.1, 0.15) is 30.5 Å². The molecule has 1 aromatic carbocycles. The summed E-state index contributed by atoms with van der Waals surface area (Å²) in [6.07, 6.45) is 3.82. The first-order valence-electron chi connectivity index (χ1n) is 7.91. The zero-order chi connectivity index (χ0) is 17.4. The lowest BCUT2D eigenvalue weighted by atomic mass is 10.00. The van der Waals surface area contributed by atoms with E-state index in [9.17, 15) is 8.42 Å². The zero-order valence-corrected chi connectivity index (χ0v) is 15.2. The second kappa shape index (κ2) is 6.20. The van der Waals surface area contributed by atoms with Crippen LogP contribution in [0.5, 0.6) is 0 Å². The van der Waals surface area contributed by atoms with Crippen molar-refractivity contribution < 1.29 is 8.42 Å². The molecule has 1 aliphatic heterocycles. The fraction of sp³-hybridized carbons (Fsp3) is 0.235. The average molecular weight is 372 g/mol. The van der Waals surface area contributed by atoms with Crippen LogP contribution in [0.25, 0.3) is 11.0 Å². The van der Waals surface area contributed by atoms with Crippen molar-refractivity contribution in [3.63, 3.8) is 0 Å². The number of rotatable bonds is 4. The van der Waals surface area contributed by atoms with E-state index >= 15 is 0 Å². The van der Waals surface area contributed by atoms with Crippen LogP contribution in [0.15, 0.2) is 52.5 Å². The number of aromatic nitrogens is 2. The largest absolute Gasteiger partial charge is 0.253 e. The van der Waals surface area contributed by atoms with Crippen molar-refractivity contribution >= 4 is 38.1 Å². The lowest BCUT2D eigenvalue weighted by Gasteiger charge is -2.22. The van der Waals surface area contributed by atoms with Gasteiger partial charge in [-0.3, -0.25) is 9.97 Å². The predicted octanol–water partition coefficient (Wildman–Crippen LogP) is 3.19. The summed E-state index contributed by atoms with van der Waals surface area (Å²) in [6.45, 7) is 1.64. The molecule has 0 radical (unpaired) electrons. The Labute approximate surface area is 149 Å². The zero-order valence-electron chi connectivity index (χ0n) is 13.5. The van der Waals surface area contributed by atoms with Crippen molar-refractivity contribution in [3.05, 3.63) is 58.5 Å². The van der Waals surface area contributed by atoms with Gasteiger partial charge in [0.25, 0.3) is 0 Å². The molecular weight excluding hydrogens is 356 g/mol. The molecule has 4 rings (SSSR count). The molecule has 6 nitrogen and oxygen atoms in total. The molecule has 2 aromatic heterocycles. The van der Waals surface area contributed by atoms with Gasteiger partial charge in [-0.25, -0.2) is 8.42 Å². The summed E-state index contributed by atoms with van der Waals surface area (Å²) in [5, 5.41) is 8.40. The standard InChI is InChI=1S/C17H16N4O2S2/c1-2-25(22,23)21-17(10-15(20-21)13-5-8-24-11-13)12-3-4-14-16(9-12)19-7-6-18-14/h3-9,11,17H,2,10H2,1H3/t17-/m0/s1. The molecule has 0 N–H and O–H groups in total. The van der Waals surface area contributed by atoms with Gasteiger partial charge in [-0.2, -0.15) is 20.9 Å². The van der Waals surface area contributed by atoms with E-state index < -0.39 is 10.0 Å². The van der Waals surface area contributed by atoms with E-state index in [2.05, 4.69) is 15.1 Å². The Morgan fingerprint density at radius 3 is 2.72 bits per heavy atom. The minimum Gasteiger partial charge on any atom is -0.253 e. The van der Waals surface area contributed by atoms with Crippen molar-refractivity contribution in [1.29, 1.82) is 0 Å². The van der Waals surface area contributed by atoms with Crippen LogP contribution < -0.4 is 0 Å². The van der Waals surface area contributed by atoms with E-state index in [1.807, 2.05) is 35.0 Å². The normalized spacial score (nSPS) is 17.9. The Hall–Kier alpha value is -2.32. The summed E-state index contributed by atoms with van der Waals surface area (Å²) in [5.74, 6) is 0.0112. The predicted molar refractivity (Wildman–Crippen MR) is 99.1 cm³/mol. The van der Waals surface area contributed by atoms with Crippen LogP contribution >= 0.6 is 11.3 Å². The topological polar surface area (TPSA) is 75.5 Å². The third kappa shape index (κ3) is 2.91. The molecule has 0 fully saturated rings. The monoisotopic (exact) mass is 372 g/mol. The maximum atomic E-state index is 12.6. The lowest BCUT2D eigenvalue weighted by molar-refractivity contribution is 0.372. The van der Waals surface area contributed by atoms with E-state index in [1.54, 1.807) is 30.7 Å². The van der Waals surface area contributed by atoms with Crippen molar-refractivity contribution in [1.82, 2.24) is 14.4 Å². The number of fused-ring (bicyclic) bond motifs is 1. The van der Waals surface area contributed by atoms with Crippen LogP contribution in [-0.4, -0.2) is 34.3 Å². The smallest absolute Gasteiger partial charge is 0.250 e. The molecule has 0 saturated carbocycles. The van der Waals surface area contributed by atoms with E-state index in [0.717, 1.165) is 27.9 Å². The number of sulfonamides is 1. The first-order chi connectivity index (χ1) is 12.1. The van der Waals surface area contributed by atoms with Crippen molar-refractivity contribution in [2.45, 2.75) is 19.4 Å². The van der Waals surface area contributed by atoms with Crippen molar-refractivity contribution in [3.8, 4) is 0 Å². The number of benzene rings is 1. The number of thiophene rings is 1. The molecule has 1 aliphatic rings. The van der Waals surface area contributed by atoms with Gasteiger partial charge in [0, 0.05) is 24.4 Å². The molecular formula is C17H16N4O2S2. The van der Waals surface area contributed by atoms with Gasteiger partial charge in [0.2, 0.25) is 10.0 Å². The number of hydrazone groups is 1. The second-order valence-electron chi connectivity index (χ2n) is 5.76. The molecule has 0 bridgehead atoms. The quantitative estimate of drug-likeness (QED) is 0.705. The van der Waals surface area contributed by atoms with Crippen LogP contribution in [0.2, 0.25) is 0 Å². The first kappa shape index (κ1) is 16.2. The molecule has 25 heavy (non-hydrogen) atoms. The molecule has 3 aromatic rings. The summed E-state index contributed by atoms with van der Waals surface area (Å²) in [6, 6.07) is 7.29. The van der Waals surface area contributed by atoms with Crippen LogP contribution in [-0.2, 0) is 10.0 Å². The van der Waals surface area contributed by atoms with Gasteiger partial charge in [-0.1, -0.05) is 6.07 Å². The maximum absolute atomic E-state index is 12.6. The van der Waals surface area contributed by atoms with Crippen LogP contribution in [0.3, 0.4) is 0 Å². The van der Waals surface area contributed by atoms with E-state index in [-0.39, 0.29) is 11.8 Å². The third-order valence-corrected chi connectivity index (χ3v) is 6.57. The number of hydrogen-bond donors (Lipinski definition) is 0. The van der Waals surface area contributed by atoms with Gasteiger partial charge in [0.15, 0.2) is 0 Å². The van der Waals surface area contributed by atoms with Gasteiger partial charge < -0.3 is 0 Å². The summed E-state index contributed by atoms with van der Waals surface area (Å²) < 4.78 is 26.4. The Balaban J connectivity index is 1.78. The number of nitrogens with zero attached hydrogens (tertiary/aromatic N) is 4. The highest BCUT2D eigenvalue weighted by Gasteiger charge is 2.36. The fourth-order valence-corrected chi connectivity index (χ4v) is 4.65. The van der Waals surface area contributed by atoms with E-state index in [1.165, 1.54) is 4.41 Å². The van der Waals surface area contributed by atoms with Gasteiger partial charge in [-0.05, 0) is 41.4 Å². The summed E-state index contributed by atoms with van der Waals surface area (Å²) >= 11 is 1.57. The maximum Gasteiger partial charge on any atom is 0.250 e. The highest BCUT2D eigenvalue weighted by atomic mass is 32.2.